The third kappa shape index (κ3) is 6.66. The van der Waals surface area contributed by atoms with Crippen LogP contribution < -0.4 is 10.0 Å². The number of hydrogen-bond donors (Lipinski definition) is 2. The Morgan fingerprint density at radius 3 is 2.43 bits per heavy atom. The molecule has 0 aliphatic carbocycles. The fourth-order valence-corrected chi connectivity index (χ4v) is 4.72. The van der Waals surface area contributed by atoms with Gasteiger partial charge in [-0.15, -0.1) is 0 Å². The van der Waals surface area contributed by atoms with Crippen molar-refractivity contribution in [2.75, 3.05) is 38.6 Å². The fourth-order valence-electron chi connectivity index (χ4n) is 3.54. The van der Waals surface area contributed by atoms with E-state index in [0.717, 1.165) is 52.0 Å². The van der Waals surface area contributed by atoms with Crippen LogP contribution in [-0.2, 0) is 14.8 Å². The Labute approximate surface area is 141 Å². The van der Waals surface area contributed by atoms with Crippen LogP contribution in [0.4, 0.5) is 0 Å². The van der Waals surface area contributed by atoms with Gasteiger partial charge in [-0.3, -0.25) is 0 Å². The van der Waals surface area contributed by atoms with E-state index in [2.05, 4.69) is 21.9 Å². The van der Waals surface area contributed by atoms with Crippen LogP contribution in [0.2, 0.25) is 0 Å². The second-order valence-electron chi connectivity index (χ2n) is 6.89. The van der Waals surface area contributed by atoms with E-state index in [4.69, 9.17) is 4.74 Å². The minimum atomic E-state index is -3.10. The quantitative estimate of drug-likeness (QED) is 0.684. The number of nitrogens with zero attached hydrogens (tertiary/aromatic N) is 1. The first-order chi connectivity index (χ1) is 11.0. The predicted molar refractivity (Wildman–Crippen MR) is 93.1 cm³/mol. The van der Waals surface area contributed by atoms with Crippen LogP contribution in [-0.4, -0.2) is 70.0 Å². The third-order valence-electron chi connectivity index (χ3n) is 4.84. The zero-order chi connectivity index (χ0) is 16.7. The first-order valence-corrected chi connectivity index (χ1v) is 10.7. The van der Waals surface area contributed by atoms with Gasteiger partial charge in [-0.2, -0.15) is 0 Å². The molecule has 2 heterocycles. The van der Waals surface area contributed by atoms with E-state index in [1.807, 2.05) is 6.92 Å². The molecule has 0 spiro atoms. The first kappa shape index (κ1) is 19.1. The van der Waals surface area contributed by atoms with Crippen molar-refractivity contribution in [3.63, 3.8) is 0 Å². The molecule has 2 saturated heterocycles. The number of piperidine rings is 1. The van der Waals surface area contributed by atoms with E-state index in [-0.39, 0.29) is 11.8 Å². The Balaban J connectivity index is 1.65. The maximum Gasteiger partial charge on any atom is 0.211 e. The smallest absolute Gasteiger partial charge is 0.211 e. The van der Waals surface area contributed by atoms with Crippen LogP contribution in [0.25, 0.3) is 0 Å². The van der Waals surface area contributed by atoms with Gasteiger partial charge in [0.25, 0.3) is 0 Å². The van der Waals surface area contributed by atoms with E-state index < -0.39 is 10.0 Å². The molecule has 0 aromatic rings. The summed E-state index contributed by atoms with van der Waals surface area (Å²) in [5, 5.41) is 3.58. The summed E-state index contributed by atoms with van der Waals surface area (Å²) in [5.41, 5.74) is 0. The molecule has 0 radical (unpaired) electrons. The van der Waals surface area contributed by atoms with Gasteiger partial charge in [0.2, 0.25) is 10.0 Å². The Bertz CT molecular complexity index is 430. The lowest BCUT2D eigenvalue weighted by Crippen LogP contribution is -2.51. The largest absolute Gasteiger partial charge is 0.381 e. The van der Waals surface area contributed by atoms with Crippen molar-refractivity contribution in [1.82, 2.24) is 14.9 Å². The molecule has 2 fully saturated rings. The SMILES string of the molecule is CCCS(=O)(=O)NCC(C)NC1CCN(C2CCOCC2)CC1. The van der Waals surface area contributed by atoms with Gasteiger partial charge in [-0.25, -0.2) is 13.1 Å². The number of sulfonamides is 1. The molecule has 0 bridgehead atoms. The van der Waals surface area contributed by atoms with Crippen LogP contribution in [0, 0.1) is 0 Å². The number of nitrogens with one attached hydrogen (secondary N) is 2. The second kappa shape index (κ2) is 9.32. The van der Waals surface area contributed by atoms with E-state index >= 15 is 0 Å². The molecule has 0 amide bonds. The number of likely N-dealkylation sites (tertiary alicyclic amines) is 1. The minimum absolute atomic E-state index is 0.168. The highest BCUT2D eigenvalue weighted by molar-refractivity contribution is 7.89. The summed E-state index contributed by atoms with van der Waals surface area (Å²) in [6.07, 6.45) is 5.26. The van der Waals surface area contributed by atoms with Gasteiger partial charge in [0.15, 0.2) is 0 Å². The lowest BCUT2D eigenvalue weighted by Gasteiger charge is -2.40. The molecule has 2 rings (SSSR count). The minimum Gasteiger partial charge on any atom is -0.381 e. The molecule has 2 aliphatic rings. The maximum absolute atomic E-state index is 11.7. The Morgan fingerprint density at radius 1 is 1.17 bits per heavy atom. The predicted octanol–water partition coefficient (Wildman–Crippen LogP) is 0.937. The lowest BCUT2D eigenvalue weighted by molar-refractivity contribution is 0.0234. The molecule has 136 valence electrons. The van der Waals surface area contributed by atoms with Crippen LogP contribution in [0.5, 0.6) is 0 Å². The van der Waals surface area contributed by atoms with Crippen LogP contribution in [0.3, 0.4) is 0 Å². The second-order valence-corrected chi connectivity index (χ2v) is 8.82. The topological polar surface area (TPSA) is 70.7 Å². The molecule has 0 saturated carbocycles. The molecular formula is C16H33N3O3S. The van der Waals surface area contributed by atoms with Gasteiger partial charge in [-0.05, 0) is 52.1 Å². The van der Waals surface area contributed by atoms with Crippen LogP contribution in [0.15, 0.2) is 0 Å². The van der Waals surface area contributed by atoms with Crippen molar-refractivity contribution >= 4 is 10.0 Å². The van der Waals surface area contributed by atoms with Crippen LogP contribution >= 0.6 is 0 Å². The number of hydrogen-bond acceptors (Lipinski definition) is 5. The van der Waals surface area contributed by atoms with Crippen LogP contribution in [0.1, 0.15) is 46.0 Å². The molecule has 23 heavy (non-hydrogen) atoms. The highest BCUT2D eigenvalue weighted by atomic mass is 32.2. The summed E-state index contributed by atoms with van der Waals surface area (Å²) >= 11 is 0. The Kier molecular flexibility index (Phi) is 7.75. The van der Waals surface area contributed by atoms with Gasteiger partial charge in [0.05, 0.1) is 5.75 Å². The summed E-state index contributed by atoms with van der Waals surface area (Å²) in [4.78, 5) is 2.61. The van der Waals surface area contributed by atoms with E-state index in [0.29, 0.717) is 25.0 Å². The van der Waals surface area contributed by atoms with Crippen molar-refractivity contribution in [3.8, 4) is 0 Å². The highest BCUT2D eigenvalue weighted by Crippen LogP contribution is 2.20. The van der Waals surface area contributed by atoms with Crippen molar-refractivity contribution in [2.45, 2.75) is 64.1 Å². The third-order valence-corrected chi connectivity index (χ3v) is 6.39. The van der Waals surface area contributed by atoms with E-state index in [1.165, 1.54) is 0 Å². The van der Waals surface area contributed by atoms with Gasteiger partial charge in [0, 0.05) is 37.9 Å². The summed E-state index contributed by atoms with van der Waals surface area (Å²) in [7, 11) is -3.10. The van der Waals surface area contributed by atoms with E-state index in [1.54, 1.807) is 0 Å². The molecule has 1 atom stereocenters. The molecule has 2 N–H and O–H groups in total. The van der Waals surface area contributed by atoms with Gasteiger partial charge in [-0.1, -0.05) is 6.92 Å². The zero-order valence-corrected chi connectivity index (χ0v) is 15.4. The molecule has 1 unspecified atom stereocenters. The molecule has 6 nitrogen and oxygen atoms in total. The number of ether oxygens (including phenoxy) is 1. The standard InChI is InChI=1S/C16H33N3O3S/c1-3-12-23(20,21)17-13-14(2)18-15-4-8-19(9-5-15)16-6-10-22-11-7-16/h14-18H,3-13H2,1-2H3. The fraction of sp³-hybridized carbons (Fsp3) is 1.00. The average Bonchev–Trinajstić information content (AvgIpc) is 2.55. The van der Waals surface area contributed by atoms with Crippen molar-refractivity contribution in [3.05, 3.63) is 0 Å². The van der Waals surface area contributed by atoms with Crippen molar-refractivity contribution < 1.29 is 13.2 Å². The van der Waals surface area contributed by atoms with Crippen molar-refractivity contribution in [1.29, 1.82) is 0 Å². The van der Waals surface area contributed by atoms with E-state index in [9.17, 15) is 8.42 Å². The summed E-state index contributed by atoms with van der Waals surface area (Å²) < 4.78 is 31.5. The maximum atomic E-state index is 11.7. The first-order valence-electron chi connectivity index (χ1n) is 9.05. The molecule has 2 aliphatic heterocycles. The van der Waals surface area contributed by atoms with Gasteiger partial charge < -0.3 is 15.0 Å². The molecule has 0 aromatic heterocycles. The summed E-state index contributed by atoms with van der Waals surface area (Å²) in [6, 6.07) is 1.36. The zero-order valence-electron chi connectivity index (χ0n) is 14.6. The molecular weight excluding hydrogens is 314 g/mol. The van der Waals surface area contributed by atoms with Gasteiger partial charge >= 0.3 is 0 Å². The lowest BCUT2D eigenvalue weighted by atomic mass is 9.99. The molecule has 7 heteroatoms. The highest BCUT2D eigenvalue weighted by Gasteiger charge is 2.27. The molecule has 0 aromatic carbocycles. The monoisotopic (exact) mass is 347 g/mol. The summed E-state index contributed by atoms with van der Waals surface area (Å²) in [5.74, 6) is 0.212. The van der Waals surface area contributed by atoms with Gasteiger partial charge in [0.1, 0.15) is 0 Å². The summed E-state index contributed by atoms with van der Waals surface area (Å²) in [6.45, 7) is 8.48. The van der Waals surface area contributed by atoms with Crippen molar-refractivity contribution in [2.24, 2.45) is 0 Å². The normalized spacial score (nSPS) is 23.9. The Morgan fingerprint density at radius 2 is 1.83 bits per heavy atom. The average molecular weight is 348 g/mol. The number of rotatable bonds is 8. The Hall–Kier alpha value is -0.210.